The highest BCUT2D eigenvalue weighted by atomic mass is 32.1. The minimum atomic E-state index is -2.62. The minimum absolute atomic E-state index is 0.105. The molecule has 0 spiro atoms. The molecule has 1 fully saturated rings. The highest BCUT2D eigenvalue weighted by Crippen LogP contribution is 2.40. The summed E-state index contributed by atoms with van der Waals surface area (Å²) in [4.78, 5) is 15.2. The van der Waals surface area contributed by atoms with Crippen molar-refractivity contribution in [3.8, 4) is 22.5 Å². The van der Waals surface area contributed by atoms with Gasteiger partial charge in [-0.25, -0.2) is 13.8 Å². The molecule has 2 N–H and O–H groups in total. The Labute approximate surface area is 226 Å². The van der Waals surface area contributed by atoms with Crippen molar-refractivity contribution in [3.63, 3.8) is 0 Å². The van der Waals surface area contributed by atoms with Crippen LogP contribution < -0.4 is 0 Å². The third-order valence-electron chi connectivity index (χ3n) is 7.46. The number of nitrogens with one attached hydrogen (secondary N) is 2. The Balaban J connectivity index is 1.22. The molecular weight excluding hydrogens is 521 g/mol. The van der Waals surface area contributed by atoms with Crippen molar-refractivity contribution in [1.82, 2.24) is 30.0 Å². The number of alkyl halides is 2. The Morgan fingerprint density at radius 2 is 2.00 bits per heavy atom. The van der Waals surface area contributed by atoms with E-state index in [1.54, 1.807) is 23.5 Å². The average Bonchev–Trinajstić information content (AvgIpc) is 3.69. The summed E-state index contributed by atoms with van der Waals surface area (Å²) in [6.07, 6.45) is 8.22. The first-order valence-corrected chi connectivity index (χ1v) is 13.7. The fourth-order valence-corrected chi connectivity index (χ4v) is 6.42. The number of hydrogen-bond acceptors (Lipinski definition) is 5. The van der Waals surface area contributed by atoms with Gasteiger partial charge in [0.2, 0.25) is 0 Å². The summed E-state index contributed by atoms with van der Waals surface area (Å²) in [5.74, 6) is -2.30. The number of allylic oxidation sites excluding steroid dienone is 1. The van der Waals surface area contributed by atoms with Gasteiger partial charge in [-0.15, -0.1) is 11.3 Å². The van der Waals surface area contributed by atoms with E-state index in [-0.39, 0.29) is 18.1 Å². The van der Waals surface area contributed by atoms with Crippen LogP contribution in [0.15, 0.2) is 55.0 Å². The molecule has 1 saturated heterocycles. The van der Waals surface area contributed by atoms with E-state index in [0.717, 1.165) is 72.9 Å². The Morgan fingerprint density at radius 3 is 2.79 bits per heavy atom. The van der Waals surface area contributed by atoms with Gasteiger partial charge in [0, 0.05) is 70.7 Å². The lowest BCUT2D eigenvalue weighted by Gasteiger charge is -2.17. The van der Waals surface area contributed by atoms with Crippen LogP contribution in [0.2, 0.25) is 0 Å². The number of nitrogens with zero attached hydrogens (tertiary/aromatic N) is 4. The summed E-state index contributed by atoms with van der Waals surface area (Å²) < 4.78 is 41.1. The van der Waals surface area contributed by atoms with Gasteiger partial charge >= 0.3 is 0 Å². The fourth-order valence-electron chi connectivity index (χ4n) is 5.65. The van der Waals surface area contributed by atoms with E-state index in [9.17, 15) is 13.2 Å². The molecule has 0 radical (unpaired) electrons. The van der Waals surface area contributed by atoms with Crippen LogP contribution in [-0.4, -0.2) is 49.1 Å². The maximum absolute atomic E-state index is 13.8. The smallest absolute Gasteiger partial charge is 0.261 e. The van der Waals surface area contributed by atoms with E-state index in [1.807, 2.05) is 18.2 Å². The number of fused-ring (bicyclic) bond motifs is 2. The van der Waals surface area contributed by atoms with Gasteiger partial charge < -0.3 is 4.98 Å². The summed E-state index contributed by atoms with van der Waals surface area (Å²) in [5, 5.41) is 8.27. The molecule has 1 atom stereocenters. The van der Waals surface area contributed by atoms with E-state index in [1.165, 1.54) is 6.07 Å². The van der Waals surface area contributed by atoms with Crippen molar-refractivity contribution in [2.75, 3.05) is 13.1 Å². The zero-order valence-electron chi connectivity index (χ0n) is 21.1. The van der Waals surface area contributed by atoms with Gasteiger partial charge in [-0.2, -0.15) is 9.49 Å². The first kappa shape index (κ1) is 24.3. The van der Waals surface area contributed by atoms with Crippen LogP contribution in [-0.2, 0) is 13.0 Å². The third kappa shape index (κ3) is 4.57. The van der Waals surface area contributed by atoms with Crippen LogP contribution in [0.25, 0.3) is 39.1 Å². The second-order valence-corrected chi connectivity index (χ2v) is 11.6. The van der Waals surface area contributed by atoms with Crippen LogP contribution in [0, 0.1) is 11.0 Å². The molecule has 2 aliphatic rings. The molecule has 0 aromatic carbocycles. The molecule has 1 unspecified atom stereocenters. The highest BCUT2D eigenvalue weighted by molar-refractivity contribution is 7.11. The molecule has 7 rings (SSSR count). The fraction of sp³-hybridized carbons (Fsp3) is 0.276. The second kappa shape index (κ2) is 9.17. The van der Waals surface area contributed by atoms with Gasteiger partial charge in [-0.3, -0.25) is 15.0 Å². The topological polar surface area (TPSA) is 73.5 Å². The van der Waals surface area contributed by atoms with Gasteiger partial charge in [0.05, 0.1) is 12.2 Å². The Kier molecular flexibility index (Phi) is 5.71. The SMILES string of the molecule is CC1C=C(c2ccc(F)s2)c2cc(-c3n[nH]c4ncc(-c5cncc(CN6CCC(F)(F)C6)c5)cc34)[nH]c2C1. The molecule has 5 aromatic heterocycles. The molecule has 5 aromatic rings. The summed E-state index contributed by atoms with van der Waals surface area (Å²) in [6.45, 7) is 2.74. The minimum Gasteiger partial charge on any atom is -0.357 e. The second-order valence-electron chi connectivity index (χ2n) is 10.5. The van der Waals surface area contributed by atoms with Crippen molar-refractivity contribution in [2.45, 2.75) is 32.2 Å². The van der Waals surface area contributed by atoms with E-state index in [4.69, 9.17) is 0 Å². The van der Waals surface area contributed by atoms with E-state index in [2.05, 4.69) is 44.2 Å². The van der Waals surface area contributed by atoms with E-state index < -0.39 is 5.92 Å². The van der Waals surface area contributed by atoms with Crippen LogP contribution in [0.5, 0.6) is 0 Å². The summed E-state index contributed by atoms with van der Waals surface area (Å²) >= 11 is 1.15. The standard InChI is InChI=1S/C29H25F3N6S/c1-16-6-21(25-2-3-26(30)39-25)20-10-24(35-23(20)7-16)27-22-9-19(13-34-28(22)37-36-27)18-8-17(11-33-12-18)14-38-5-4-29(31,32)15-38/h2-3,6,8-13,16,35H,4-5,7,14-15H2,1H3,(H,34,36,37). The molecule has 10 heteroatoms. The molecule has 0 saturated carbocycles. The van der Waals surface area contributed by atoms with E-state index in [0.29, 0.717) is 24.7 Å². The number of H-pyrrole nitrogens is 2. The van der Waals surface area contributed by atoms with Crippen LogP contribution in [0.4, 0.5) is 13.2 Å². The molecule has 1 aliphatic carbocycles. The number of aromatic nitrogens is 5. The lowest BCUT2D eigenvalue weighted by molar-refractivity contribution is 0.0115. The van der Waals surface area contributed by atoms with Crippen molar-refractivity contribution < 1.29 is 13.2 Å². The molecule has 1 aliphatic heterocycles. The summed E-state index contributed by atoms with van der Waals surface area (Å²) in [6, 6.07) is 9.43. The van der Waals surface area contributed by atoms with Crippen molar-refractivity contribution in [2.24, 2.45) is 5.92 Å². The summed E-state index contributed by atoms with van der Waals surface area (Å²) in [7, 11) is 0. The first-order valence-electron chi connectivity index (χ1n) is 12.9. The van der Waals surface area contributed by atoms with Gasteiger partial charge in [0.25, 0.3) is 5.92 Å². The number of hydrogen-bond donors (Lipinski definition) is 2. The van der Waals surface area contributed by atoms with Crippen molar-refractivity contribution in [3.05, 3.63) is 81.8 Å². The quantitative estimate of drug-likeness (QED) is 0.258. The molecule has 0 bridgehead atoms. The monoisotopic (exact) mass is 546 g/mol. The maximum Gasteiger partial charge on any atom is 0.261 e. The normalized spacial score (nSPS) is 19.0. The number of aromatic amines is 2. The molecule has 198 valence electrons. The highest BCUT2D eigenvalue weighted by Gasteiger charge is 2.38. The Hall–Kier alpha value is -3.76. The number of thiophene rings is 1. The number of rotatable bonds is 5. The molecular formula is C29H25F3N6S. The number of halogens is 3. The van der Waals surface area contributed by atoms with Gasteiger partial charge in [-0.1, -0.05) is 13.0 Å². The van der Waals surface area contributed by atoms with Crippen LogP contribution in [0.3, 0.4) is 0 Å². The molecule has 6 nitrogen and oxygen atoms in total. The van der Waals surface area contributed by atoms with Crippen molar-refractivity contribution >= 4 is 27.9 Å². The average molecular weight is 547 g/mol. The van der Waals surface area contributed by atoms with Crippen LogP contribution in [0.1, 0.15) is 35.0 Å². The predicted octanol–water partition coefficient (Wildman–Crippen LogP) is 6.68. The van der Waals surface area contributed by atoms with Crippen LogP contribution >= 0.6 is 11.3 Å². The van der Waals surface area contributed by atoms with Crippen molar-refractivity contribution in [1.29, 1.82) is 0 Å². The lowest BCUT2D eigenvalue weighted by Crippen LogP contribution is -2.24. The van der Waals surface area contributed by atoms with E-state index >= 15 is 0 Å². The lowest BCUT2D eigenvalue weighted by atomic mass is 9.89. The third-order valence-corrected chi connectivity index (χ3v) is 8.37. The first-order chi connectivity index (χ1) is 18.8. The molecule has 0 amide bonds. The molecule has 39 heavy (non-hydrogen) atoms. The number of pyridine rings is 2. The Bertz CT molecular complexity index is 1730. The predicted molar refractivity (Wildman–Crippen MR) is 146 cm³/mol. The van der Waals surface area contributed by atoms with Gasteiger partial charge in [-0.05, 0) is 53.8 Å². The number of likely N-dealkylation sites (tertiary alicyclic amines) is 1. The largest absolute Gasteiger partial charge is 0.357 e. The van der Waals surface area contributed by atoms with Gasteiger partial charge in [0.1, 0.15) is 5.69 Å². The maximum atomic E-state index is 13.8. The molecule has 6 heterocycles. The zero-order chi connectivity index (χ0) is 26.7. The Morgan fingerprint density at radius 1 is 1.13 bits per heavy atom. The van der Waals surface area contributed by atoms with Gasteiger partial charge in [0.15, 0.2) is 10.8 Å². The zero-order valence-corrected chi connectivity index (χ0v) is 22.0. The summed E-state index contributed by atoms with van der Waals surface area (Å²) in [5.41, 5.74) is 8.10.